The monoisotopic (exact) mass is 297 g/mol. The molecule has 5 heteroatoms. The summed E-state index contributed by atoms with van der Waals surface area (Å²) in [7, 11) is 0. The number of ether oxygens (including phenoxy) is 1. The first kappa shape index (κ1) is 15.7. The number of alkyl halides is 2. The summed E-state index contributed by atoms with van der Waals surface area (Å²) < 4.78 is 29.2. The van der Waals surface area contributed by atoms with Crippen LogP contribution in [0.2, 0.25) is 0 Å². The van der Waals surface area contributed by atoms with Gasteiger partial charge < -0.3 is 10.1 Å². The number of nitrogens with one attached hydrogen (secondary N) is 1. The lowest BCUT2D eigenvalue weighted by Gasteiger charge is -2.34. The second kappa shape index (κ2) is 6.87. The predicted octanol–water partition coefficient (Wildman–Crippen LogP) is 3.84. The zero-order chi connectivity index (χ0) is 15.4. The molecular formula is C16H21F2NO2. The molecule has 0 bridgehead atoms. The molecule has 0 saturated heterocycles. The first-order valence-corrected chi connectivity index (χ1v) is 7.33. The Hall–Kier alpha value is -1.65. The molecule has 1 amide bonds. The van der Waals surface area contributed by atoms with Crippen molar-refractivity contribution in [1.29, 1.82) is 0 Å². The van der Waals surface area contributed by atoms with Crippen molar-refractivity contribution in [3.63, 3.8) is 0 Å². The maximum atomic E-state index is 12.4. The average Bonchev–Trinajstić information content (AvgIpc) is 2.44. The third-order valence-corrected chi connectivity index (χ3v) is 4.37. The fraction of sp³-hybridized carbons (Fsp3) is 0.562. The Morgan fingerprint density at radius 1 is 1.29 bits per heavy atom. The van der Waals surface area contributed by atoms with Gasteiger partial charge in [0.1, 0.15) is 5.75 Å². The Morgan fingerprint density at radius 3 is 2.71 bits per heavy atom. The number of rotatable bonds is 4. The van der Waals surface area contributed by atoms with Gasteiger partial charge in [-0.25, -0.2) is 0 Å². The van der Waals surface area contributed by atoms with E-state index in [9.17, 15) is 13.6 Å². The third-order valence-electron chi connectivity index (χ3n) is 4.37. The number of hydrogen-bond donors (Lipinski definition) is 1. The molecule has 1 aliphatic rings. The minimum absolute atomic E-state index is 0.0819. The van der Waals surface area contributed by atoms with Crippen LogP contribution in [0.3, 0.4) is 0 Å². The highest BCUT2D eigenvalue weighted by Gasteiger charge is 2.29. The van der Waals surface area contributed by atoms with E-state index < -0.39 is 6.61 Å². The van der Waals surface area contributed by atoms with Crippen LogP contribution in [0.5, 0.6) is 5.75 Å². The van der Waals surface area contributed by atoms with Crippen LogP contribution in [0.15, 0.2) is 24.3 Å². The molecule has 1 aromatic carbocycles. The number of para-hydroxylation sites is 1. The first-order chi connectivity index (χ1) is 9.99. The second-order valence-electron chi connectivity index (χ2n) is 5.72. The van der Waals surface area contributed by atoms with Crippen LogP contribution in [0.4, 0.5) is 8.78 Å². The van der Waals surface area contributed by atoms with Crippen molar-refractivity contribution in [1.82, 2.24) is 5.32 Å². The summed E-state index contributed by atoms with van der Waals surface area (Å²) in [5, 5.41) is 2.97. The molecule has 0 aromatic heterocycles. The Morgan fingerprint density at radius 2 is 2.00 bits per heavy atom. The first-order valence-electron chi connectivity index (χ1n) is 7.33. The zero-order valence-corrected chi connectivity index (χ0v) is 12.3. The number of benzene rings is 1. The Bertz CT molecular complexity index is 493. The molecule has 1 aromatic rings. The number of amides is 1. The Labute approximate surface area is 123 Å². The van der Waals surface area contributed by atoms with Crippen LogP contribution in [-0.2, 0) is 0 Å². The van der Waals surface area contributed by atoms with Crippen molar-refractivity contribution in [3.8, 4) is 5.75 Å². The van der Waals surface area contributed by atoms with Crippen molar-refractivity contribution in [2.24, 2.45) is 11.8 Å². The van der Waals surface area contributed by atoms with E-state index in [0.29, 0.717) is 11.8 Å². The van der Waals surface area contributed by atoms with Gasteiger partial charge in [0.15, 0.2) is 0 Å². The molecule has 1 aliphatic carbocycles. The van der Waals surface area contributed by atoms with Gasteiger partial charge in [0.25, 0.3) is 5.91 Å². The van der Waals surface area contributed by atoms with Gasteiger partial charge in [0.2, 0.25) is 0 Å². The van der Waals surface area contributed by atoms with E-state index in [1.54, 1.807) is 12.1 Å². The zero-order valence-electron chi connectivity index (χ0n) is 12.3. The standard InChI is InChI=1S/C16H21F2NO2/c1-10-6-5-8-13(11(10)2)19-15(20)12-7-3-4-9-14(12)21-16(17)18/h3-4,7,9-11,13,16H,5-6,8H2,1-2H3,(H,19,20)/t10-,11-,13-/m1/s1. The minimum atomic E-state index is -2.94. The molecule has 1 N–H and O–H groups in total. The second-order valence-corrected chi connectivity index (χ2v) is 5.72. The number of halogens is 2. The molecule has 21 heavy (non-hydrogen) atoms. The van der Waals surface area contributed by atoms with Gasteiger partial charge >= 0.3 is 6.61 Å². The van der Waals surface area contributed by atoms with Gasteiger partial charge in [0.05, 0.1) is 5.56 Å². The van der Waals surface area contributed by atoms with Crippen LogP contribution in [0.1, 0.15) is 43.5 Å². The molecule has 0 aliphatic heterocycles. The molecule has 0 unspecified atom stereocenters. The van der Waals surface area contributed by atoms with Crippen molar-refractivity contribution in [2.75, 3.05) is 0 Å². The summed E-state index contributed by atoms with van der Waals surface area (Å²) in [4.78, 5) is 12.3. The topological polar surface area (TPSA) is 38.3 Å². The lowest BCUT2D eigenvalue weighted by molar-refractivity contribution is -0.0501. The van der Waals surface area contributed by atoms with E-state index in [-0.39, 0.29) is 23.3 Å². The maximum Gasteiger partial charge on any atom is 0.387 e. The SMILES string of the molecule is C[C@@H]1[C@H](C)CCC[C@H]1NC(=O)c1ccccc1OC(F)F. The smallest absolute Gasteiger partial charge is 0.387 e. The van der Waals surface area contributed by atoms with Crippen molar-refractivity contribution in [2.45, 2.75) is 45.8 Å². The van der Waals surface area contributed by atoms with Crippen LogP contribution in [0, 0.1) is 11.8 Å². The highest BCUT2D eigenvalue weighted by Crippen LogP contribution is 2.30. The van der Waals surface area contributed by atoms with Gasteiger partial charge in [-0.1, -0.05) is 38.8 Å². The molecule has 3 atom stereocenters. The number of carbonyl (C=O) groups excluding carboxylic acids is 1. The molecule has 1 fully saturated rings. The van der Waals surface area contributed by atoms with Crippen molar-refractivity contribution >= 4 is 5.91 Å². The average molecular weight is 297 g/mol. The van der Waals surface area contributed by atoms with Crippen LogP contribution in [-0.4, -0.2) is 18.6 Å². The van der Waals surface area contributed by atoms with Crippen LogP contribution < -0.4 is 10.1 Å². The summed E-state index contributed by atoms with van der Waals surface area (Å²) in [5.41, 5.74) is 0.156. The predicted molar refractivity (Wildman–Crippen MR) is 76.5 cm³/mol. The third kappa shape index (κ3) is 3.93. The van der Waals surface area contributed by atoms with Crippen LogP contribution in [0.25, 0.3) is 0 Å². The summed E-state index contributed by atoms with van der Waals surface area (Å²) in [5.74, 6) is 0.501. The summed E-state index contributed by atoms with van der Waals surface area (Å²) in [6, 6.07) is 6.18. The van der Waals surface area contributed by atoms with E-state index in [0.717, 1.165) is 12.8 Å². The lowest BCUT2D eigenvalue weighted by atomic mass is 9.78. The summed E-state index contributed by atoms with van der Waals surface area (Å²) in [6.07, 6.45) is 3.17. The van der Waals surface area contributed by atoms with Crippen molar-refractivity contribution in [3.05, 3.63) is 29.8 Å². The molecule has 0 spiro atoms. The van der Waals surface area contributed by atoms with Crippen LogP contribution >= 0.6 is 0 Å². The molecule has 0 heterocycles. The van der Waals surface area contributed by atoms with E-state index in [4.69, 9.17) is 0 Å². The lowest BCUT2D eigenvalue weighted by Crippen LogP contribution is -2.43. The van der Waals surface area contributed by atoms with Gasteiger partial charge in [-0.05, 0) is 30.4 Å². The summed E-state index contributed by atoms with van der Waals surface area (Å²) in [6.45, 7) is 1.36. The maximum absolute atomic E-state index is 12.4. The van der Waals surface area contributed by atoms with Gasteiger partial charge in [-0.15, -0.1) is 0 Å². The highest BCUT2D eigenvalue weighted by atomic mass is 19.3. The summed E-state index contributed by atoms with van der Waals surface area (Å²) >= 11 is 0. The Balaban J connectivity index is 2.09. The molecule has 0 radical (unpaired) electrons. The molecule has 1 saturated carbocycles. The van der Waals surface area contributed by atoms with E-state index in [1.807, 2.05) is 0 Å². The number of hydrogen-bond acceptors (Lipinski definition) is 2. The van der Waals surface area contributed by atoms with E-state index in [2.05, 4.69) is 23.9 Å². The fourth-order valence-electron chi connectivity index (χ4n) is 2.88. The van der Waals surface area contributed by atoms with Crippen molar-refractivity contribution < 1.29 is 18.3 Å². The van der Waals surface area contributed by atoms with E-state index in [1.165, 1.54) is 18.6 Å². The molecule has 2 rings (SSSR count). The fourth-order valence-corrected chi connectivity index (χ4v) is 2.88. The highest BCUT2D eigenvalue weighted by molar-refractivity contribution is 5.97. The molecule has 116 valence electrons. The van der Waals surface area contributed by atoms with Gasteiger partial charge in [-0.3, -0.25) is 4.79 Å². The normalized spacial score (nSPS) is 25.7. The van der Waals surface area contributed by atoms with Gasteiger partial charge in [0, 0.05) is 6.04 Å². The molecular weight excluding hydrogens is 276 g/mol. The largest absolute Gasteiger partial charge is 0.434 e. The molecule has 3 nitrogen and oxygen atoms in total. The number of carbonyl (C=O) groups is 1. The quantitative estimate of drug-likeness (QED) is 0.917. The van der Waals surface area contributed by atoms with Gasteiger partial charge in [-0.2, -0.15) is 8.78 Å². The Kier molecular flexibility index (Phi) is 5.15. The minimum Gasteiger partial charge on any atom is -0.434 e. The van der Waals surface area contributed by atoms with E-state index >= 15 is 0 Å².